The molecule has 4 rings (SSSR count). The fourth-order valence-electron chi connectivity index (χ4n) is 4.62. The van der Waals surface area contributed by atoms with Gasteiger partial charge in [-0.25, -0.2) is 0 Å². The molecule has 0 spiro atoms. The summed E-state index contributed by atoms with van der Waals surface area (Å²) in [6, 6.07) is 18.5. The molecule has 0 aliphatic carbocycles. The van der Waals surface area contributed by atoms with Crippen LogP contribution in [0.2, 0.25) is 0 Å². The van der Waals surface area contributed by atoms with E-state index in [4.69, 9.17) is 14.2 Å². The third kappa shape index (κ3) is 4.42. The predicted molar refractivity (Wildman–Crippen MR) is 124 cm³/mol. The molecule has 0 fully saturated rings. The molecule has 2 atom stereocenters. The number of para-hydroxylation sites is 1. The normalized spacial score (nSPS) is 19.8. The first kappa shape index (κ1) is 22.1. The van der Waals surface area contributed by atoms with Crippen LogP contribution in [0, 0.1) is 5.92 Å². The number of hydrogen-bond donors (Lipinski definition) is 1. The van der Waals surface area contributed by atoms with Crippen LogP contribution in [0.15, 0.2) is 66.9 Å². The molecule has 0 amide bonds. The maximum absolute atomic E-state index is 13.1. The Morgan fingerprint density at radius 3 is 2.50 bits per heavy atom. The Morgan fingerprint density at radius 2 is 1.78 bits per heavy atom. The third-order valence-electron chi connectivity index (χ3n) is 6.17. The Bertz CT molecular complexity index is 1070. The number of H-pyrrole nitrogens is 1. The minimum Gasteiger partial charge on any atom is -0.468 e. The summed E-state index contributed by atoms with van der Waals surface area (Å²) < 4.78 is 16.5. The lowest BCUT2D eigenvalue weighted by Crippen LogP contribution is -2.34. The molecular formula is C26H30N2O4. The first-order valence-electron chi connectivity index (χ1n) is 10.9. The fraction of sp³-hybridized carbons (Fsp3) is 0.346. The summed E-state index contributed by atoms with van der Waals surface area (Å²) in [5.74, 6) is -1.27. The Labute approximate surface area is 188 Å². The number of hydrogen-bond acceptors (Lipinski definition) is 5. The van der Waals surface area contributed by atoms with E-state index in [0.29, 0.717) is 0 Å². The predicted octanol–water partition coefficient (Wildman–Crippen LogP) is 4.23. The second-order valence-electron chi connectivity index (χ2n) is 8.03. The van der Waals surface area contributed by atoms with Crippen molar-refractivity contribution < 1.29 is 19.0 Å². The van der Waals surface area contributed by atoms with Crippen molar-refractivity contribution in [2.75, 3.05) is 27.9 Å². The first-order chi connectivity index (χ1) is 15.7. The van der Waals surface area contributed by atoms with Gasteiger partial charge in [0, 0.05) is 49.8 Å². The quantitative estimate of drug-likeness (QED) is 0.465. The van der Waals surface area contributed by atoms with E-state index < -0.39 is 12.2 Å². The first-order valence-corrected chi connectivity index (χ1v) is 10.9. The monoisotopic (exact) mass is 434 g/mol. The van der Waals surface area contributed by atoms with Crippen LogP contribution in [0.25, 0.3) is 10.9 Å². The molecule has 1 aliphatic rings. The molecule has 0 radical (unpaired) electrons. The van der Waals surface area contributed by atoms with Gasteiger partial charge in [-0.1, -0.05) is 54.6 Å². The van der Waals surface area contributed by atoms with E-state index in [1.807, 2.05) is 30.3 Å². The summed E-state index contributed by atoms with van der Waals surface area (Å²) in [6.07, 6.45) is 4.27. The number of ether oxygens (including phenoxy) is 3. The average Bonchev–Trinajstić information content (AvgIpc) is 3.21. The van der Waals surface area contributed by atoms with Crippen molar-refractivity contribution in [3.8, 4) is 0 Å². The standard InChI is InChI=1S/C26H30N2O4/c1-30-25(29)23-21(26(31-2)32-3)14-16-28(17-18-9-5-4-6-10-18)15-13-20-19-11-7-8-12-22(19)27-24(20)23/h4-12,14,16,21,23,26-27H,13,15,17H2,1-3H3/b16-14+/t21-,23+/m1/s1. The van der Waals surface area contributed by atoms with Gasteiger partial charge in [0.15, 0.2) is 6.29 Å². The van der Waals surface area contributed by atoms with Crippen molar-refractivity contribution in [3.63, 3.8) is 0 Å². The van der Waals surface area contributed by atoms with Crippen molar-refractivity contribution in [2.24, 2.45) is 5.92 Å². The minimum absolute atomic E-state index is 0.317. The van der Waals surface area contributed by atoms with Crippen molar-refractivity contribution >= 4 is 16.9 Å². The third-order valence-corrected chi connectivity index (χ3v) is 6.17. The maximum atomic E-state index is 13.1. The molecule has 168 valence electrons. The number of methoxy groups -OCH3 is 3. The number of aromatic nitrogens is 1. The Kier molecular flexibility index (Phi) is 6.93. The average molecular weight is 435 g/mol. The van der Waals surface area contributed by atoms with Crippen LogP contribution in [0.3, 0.4) is 0 Å². The Balaban J connectivity index is 1.83. The van der Waals surface area contributed by atoms with Crippen LogP contribution < -0.4 is 0 Å². The lowest BCUT2D eigenvalue weighted by Gasteiger charge is -2.28. The van der Waals surface area contributed by atoms with Crippen LogP contribution in [0.1, 0.15) is 22.7 Å². The van der Waals surface area contributed by atoms with E-state index in [9.17, 15) is 4.79 Å². The molecule has 2 heterocycles. The van der Waals surface area contributed by atoms with Gasteiger partial charge in [-0.2, -0.15) is 0 Å². The molecule has 0 unspecified atom stereocenters. The molecule has 1 N–H and O–H groups in total. The van der Waals surface area contributed by atoms with Gasteiger partial charge in [0.25, 0.3) is 0 Å². The molecule has 6 heteroatoms. The van der Waals surface area contributed by atoms with E-state index in [2.05, 4.69) is 46.4 Å². The molecule has 1 aliphatic heterocycles. The molecule has 3 aromatic rings. The molecule has 0 saturated carbocycles. The van der Waals surface area contributed by atoms with Crippen molar-refractivity contribution in [2.45, 2.75) is 25.2 Å². The second-order valence-corrected chi connectivity index (χ2v) is 8.03. The highest BCUT2D eigenvalue weighted by Gasteiger charge is 2.39. The molecule has 6 nitrogen and oxygen atoms in total. The highest BCUT2D eigenvalue weighted by Crippen LogP contribution is 2.37. The van der Waals surface area contributed by atoms with Crippen LogP contribution in [0.4, 0.5) is 0 Å². The number of esters is 1. The number of fused-ring (bicyclic) bond motifs is 3. The number of nitrogens with one attached hydrogen (secondary N) is 1. The van der Waals surface area contributed by atoms with Crippen LogP contribution in [0.5, 0.6) is 0 Å². The van der Waals surface area contributed by atoms with Gasteiger partial charge in [0.2, 0.25) is 0 Å². The molecule has 0 saturated heterocycles. The molecule has 0 bridgehead atoms. The Hall–Kier alpha value is -3.09. The largest absolute Gasteiger partial charge is 0.468 e. The molecular weight excluding hydrogens is 404 g/mol. The van der Waals surface area contributed by atoms with Gasteiger partial charge in [0.1, 0.15) is 5.92 Å². The van der Waals surface area contributed by atoms with Crippen molar-refractivity contribution in [3.05, 3.63) is 83.7 Å². The summed E-state index contributed by atoms with van der Waals surface area (Å²) in [5.41, 5.74) is 4.24. The number of aromatic amines is 1. The summed E-state index contributed by atoms with van der Waals surface area (Å²) in [7, 11) is 4.61. The van der Waals surface area contributed by atoms with E-state index in [0.717, 1.165) is 41.7 Å². The zero-order chi connectivity index (χ0) is 22.5. The topological polar surface area (TPSA) is 63.8 Å². The van der Waals surface area contributed by atoms with E-state index in [-0.39, 0.29) is 11.9 Å². The summed E-state index contributed by atoms with van der Waals surface area (Å²) in [6.45, 7) is 1.58. The number of rotatable bonds is 6. The molecule has 1 aromatic heterocycles. The van der Waals surface area contributed by atoms with Crippen LogP contribution >= 0.6 is 0 Å². The number of benzene rings is 2. The van der Waals surface area contributed by atoms with Gasteiger partial charge in [-0.15, -0.1) is 0 Å². The zero-order valence-corrected chi connectivity index (χ0v) is 18.8. The molecule has 32 heavy (non-hydrogen) atoms. The van der Waals surface area contributed by atoms with Gasteiger partial charge >= 0.3 is 5.97 Å². The number of nitrogens with zero attached hydrogens (tertiary/aromatic N) is 1. The van der Waals surface area contributed by atoms with E-state index in [1.165, 1.54) is 12.7 Å². The van der Waals surface area contributed by atoms with Gasteiger partial charge in [-0.3, -0.25) is 4.79 Å². The van der Waals surface area contributed by atoms with Gasteiger partial charge < -0.3 is 24.1 Å². The van der Waals surface area contributed by atoms with Crippen molar-refractivity contribution in [1.29, 1.82) is 0 Å². The van der Waals surface area contributed by atoms with E-state index in [1.54, 1.807) is 14.2 Å². The fourth-order valence-corrected chi connectivity index (χ4v) is 4.62. The lowest BCUT2D eigenvalue weighted by atomic mass is 9.86. The number of carbonyl (C=O) groups is 1. The maximum Gasteiger partial charge on any atom is 0.315 e. The van der Waals surface area contributed by atoms with Gasteiger partial charge in [0.05, 0.1) is 7.11 Å². The minimum atomic E-state index is -0.605. The van der Waals surface area contributed by atoms with Crippen molar-refractivity contribution in [1.82, 2.24) is 9.88 Å². The summed E-state index contributed by atoms with van der Waals surface area (Å²) in [5, 5.41) is 1.13. The molecule has 2 aromatic carbocycles. The summed E-state index contributed by atoms with van der Waals surface area (Å²) in [4.78, 5) is 18.9. The summed E-state index contributed by atoms with van der Waals surface area (Å²) >= 11 is 0. The van der Waals surface area contributed by atoms with Crippen LogP contribution in [-0.4, -0.2) is 50.0 Å². The second kappa shape index (κ2) is 10.0. The SMILES string of the molecule is COC(=O)[C@@H]1c2[nH]c3ccccc3c2CCN(Cc2ccccc2)/C=C/[C@H]1C(OC)OC. The zero-order valence-electron chi connectivity index (χ0n) is 18.8. The lowest BCUT2D eigenvalue weighted by molar-refractivity contribution is -0.156. The smallest absolute Gasteiger partial charge is 0.315 e. The highest BCUT2D eigenvalue weighted by atomic mass is 16.7. The van der Waals surface area contributed by atoms with E-state index >= 15 is 0 Å². The van der Waals surface area contributed by atoms with Gasteiger partial charge in [-0.05, 0) is 29.8 Å². The number of carbonyl (C=O) groups excluding carboxylic acids is 1. The Morgan fingerprint density at radius 1 is 1.06 bits per heavy atom. The van der Waals surface area contributed by atoms with Crippen LogP contribution in [-0.2, 0) is 32.0 Å². The highest BCUT2D eigenvalue weighted by molar-refractivity contribution is 5.88.